The summed E-state index contributed by atoms with van der Waals surface area (Å²) in [4.78, 5) is 14.1. The summed E-state index contributed by atoms with van der Waals surface area (Å²) in [7, 11) is 0. The Labute approximate surface area is 121 Å². The summed E-state index contributed by atoms with van der Waals surface area (Å²) in [6, 6.07) is 11.2. The fourth-order valence-electron chi connectivity index (χ4n) is 3.27. The van der Waals surface area contributed by atoms with Gasteiger partial charge in [0.1, 0.15) is 0 Å². The molecule has 1 aromatic rings. The van der Waals surface area contributed by atoms with Crippen LogP contribution in [-0.4, -0.2) is 36.5 Å². The van der Waals surface area contributed by atoms with Gasteiger partial charge in [-0.15, -0.1) is 0 Å². The van der Waals surface area contributed by atoms with Gasteiger partial charge in [-0.2, -0.15) is 0 Å². The Bertz CT molecular complexity index is 434. The van der Waals surface area contributed by atoms with Crippen LogP contribution in [0, 0.1) is 0 Å². The maximum Gasteiger partial charge on any atom is 0.236 e. The lowest BCUT2D eigenvalue weighted by Gasteiger charge is -2.37. The molecule has 1 saturated heterocycles. The lowest BCUT2D eigenvalue weighted by atomic mass is 9.76. The number of amides is 1. The second-order valence-corrected chi connectivity index (χ2v) is 6.10. The minimum absolute atomic E-state index is 0.285. The number of carbonyl (C=O) groups excluding carboxylic acids is 1. The Kier molecular flexibility index (Phi) is 4.36. The van der Waals surface area contributed by atoms with Crippen LogP contribution in [-0.2, 0) is 4.79 Å². The third kappa shape index (κ3) is 3.21. The second kappa shape index (κ2) is 6.40. The van der Waals surface area contributed by atoms with E-state index >= 15 is 0 Å². The molecule has 1 amide bonds. The van der Waals surface area contributed by atoms with Gasteiger partial charge in [0, 0.05) is 19.1 Å². The highest BCUT2D eigenvalue weighted by molar-refractivity contribution is 5.78. The predicted molar refractivity (Wildman–Crippen MR) is 80.6 cm³/mol. The average molecular weight is 272 g/mol. The molecule has 1 aromatic carbocycles. The molecule has 1 saturated carbocycles. The summed E-state index contributed by atoms with van der Waals surface area (Å²) in [6.07, 6.45) is 5.95. The smallest absolute Gasteiger partial charge is 0.236 e. The van der Waals surface area contributed by atoms with Gasteiger partial charge in [-0.25, -0.2) is 0 Å². The lowest BCUT2D eigenvalue weighted by molar-refractivity contribution is -0.131. The van der Waals surface area contributed by atoms with Crippen LogP contribution in [0.5, 0.6) is 0 Å². The molecular formula is C17H24N2O. The van der Waals surface area contributed by atoms with E-state index in [0.29, 0.717) is 18.5 Å². The molecule has 108 valence electrons. The second-order valence-electron chi connectivity index (χ2n) is 6.10. The molecule has 1 aliphatic carbocycles. The van der Waals surface area contributed by atoms with Crippen molar-refractivity contribution in [2.75, 3.05) is 19.6 Å². The fraction of sp³-hybridized carbons (Fsp3) is 0.588. The van der Waals surface area contributed by atoms with Crippen LogP contribution in [0.25, 0.3) is 0 Å². The van der Waals surface area contributed by atoms with Crippen molar-refractivity contribution in [2.24, 2.45) is 0 Å². The number of benzene rings is 1. The van der Waals surface area contributed by atoms with Crippen molar-refractivity contribution in [1.82, 2.24) is 10.2 Å². The zero-order valence-corrected chi connectivity index (χ0v) is 12.1. The van der Waals surface area contributed by atoms with Crippen molar-refractivity contribution in [2.45, 2.75) is 44.1 Å². The van der Waals surface area contributed by atoms with Crippen LogP contribution in [0.1, 0.15) is 43.6 Å². The van der Waals surface area contributed by atoms with E-state index < -0.39 is 0 Å². The van der Waals surface area contributed by atoms with Gasteiger partial charge in [-0.3, -0.25) is 4.79 Å². The fourth-order valence-corrected chi connectivity index (χ4v) is 3.27. The number of hydrogen-bond acceptors (Lipinski definition) is 2. The first-order valence-electron chi connectivity index (χ1n) is 7.89. The first-order chi connectivity index (χ1) is 9.83. The standard InChI is InChI=1S/C17H24N2O/c20-17(19-9-5-2-6-10-19)13-18-16-11-15(12-16)14-7-3-1-4-8-14/h1,3-4,7-8,15-16,18H,2,5-6,9-13H2. The van der Waals surface area contributed by atoms with Gasteiger partial charge in [0.25, 0.3) is 0 Å². The topological polar surface area (TPSA) is 32.3 Å². The quantitative estimate of drug-likeness (QED) is 0.913. The molecule has 3 rings (SSSR count). The highest BCUT2D eigenvalue weighted by atomic mass is 16.2. The molecule has 3 heteroatoms. The number of piperidine rings is 1. The van der Waals surface area contributed by atoms with Crippen LogP contribution >= 0.6 is 0 Å². The lowest BCUT2D eigenvalue weighted by Crippen LogP contribution is -2.47. The summed E-state index contributed by atoms with van der Waals surface area (Å²) < 4.78 is 0. The first-order valence-corrected chi connectivity index (χ1v) is 7.89. The van der Waals surface area contributed by atoms with Gasteiger partial charge >= 0.3 is 0 Å². The van der Waals surface area contributed by atoms with Crippen LogP contribution in [0.4, 0.5) is 0 Å². The molecule has 0 bridgehead atoms. The van der Waals surface area contributed by atoms with E-state index in [4.69, 9.17) is 0 Å². The van der Waals surface area contributed by atoms with Crippen LogP contribution in [0.3, 0.4) is 0 Å². The Balaban J connectivity index is 1.38. The van der Waals surface area contributed by atoms with Gasteiger partial charge in [-0.1, -0.05) is 30.3 Å². The van der Waals surface area contributed by atoms with Crippen molar-refractivity contribution < 1.29 is 4.79 Å². The van der Waals surface area contributed by atoms with Crippen LogP contribution < -0.4 is 5.32 Å². The Morgan fingerprint density at radius 3 is 2.50 bits per heavy atom. The van der Waals surface area contributed by atoms with E-state index in [-0.39, 0.29) is 5.91 Å². The molecule has 20 heavy (non-hydrogen) atoms. The Morgan fingerprint density at radius 1 is 1.10 bits per heavy atom. The minimum Gasteiger partial charge on any atom is -0.342 e. The highest BCUT2D eigenvalue weighted by Gasteiger charge is 2.30. The number of rotatable bonds is 4. The molecule has 1 heterocycles. The van der Waals surface area contributed by atoms with Gasteiger partial charge in [0.2, 0.25) is 5.91 Å². The van der Waals surface area contributed by atoms with E-state index in [1.807, 2.05) is 4.90 Å². The van der Waals surface area contributed by atoms with E-state index in [0.717, 1.165) is 25.9 Å². The van der Waals surface area contributed by atoms with Gasteiger partial charge in [0.15, 0.2) is 0 Å². The summed E-state index contributed by atoms with van der Waals surface area (Å²) in [5, 5.41) is 3.42. The SMILES string of the molecule is O=C(CNC1CC(c2ccccc2)C1)N1CCCCC1. The molecule has 0 atom stereocenters. The average Bonchev–Trinajstić information content (AvgIpc) is 2.47. The molecule has 3 nitrogen and oxygen atoms in total. The minimum atomic E-state index is 0.285. The zero-order chi connectivity index (χ0) is 13.8. The molecule has 0 unspecified atom stereocenters. The van der Waals surface area contributed by atoms with Crippen LogP contribution in [0.2, 0.25) is 0 Å². The molecule has 0 radical (unpaired) electrons. The molecular weight excluding hydrogens is 248 g/mol. The molecule has 0 spiro atoms. The largest absolute Gasteiger partial charge is 0.342 e. The summed E-state index contributed by atoms with van der Waals surface area (Å²) in [5.74, 6) is 0.964. The Morgan fingerprint density at radius 2 is 1.80 bits per heavy atom. The maximum atomic E-state index is 12.1. The van der Waals surface area contributed by atoms with Gasteiger partial charge in [-0.05, 0) is 43.6 Å². The number of carbonyl (C=O) groups is 1. The molecule has 2 fully saturated rings. The number of likely N-dealkylation sites (tertiary alicyclic amines) is 1. The van der Waals surface area contributed by atoms with Crippen molar-refractivity contribution in [1.29, 1.82) is 0 Å². The first kappa shape index (κ1) is 13.6. The van der Waals surface area contributed by atoms with Crippen molar-refractivity contribution in [3.05, 3.63) is 35.9 Å². The summed E-state index contributed by atoms with van der Waals surface area (Å²) in [6.45, 7) is 2.43. The molecule has 0 aromatic heterocycles. The molecule has 2 aliphatic rings. The number of hydrogen-bond donors (Lipinski definition) is 1. The summed E-state index contributed by atoms with van der Waals surface area (Å²) in [5.41, 5.74) is 1.44. The van der Waals surface area contributed by atoms with Gasteiger partial charge < -0.3 is 10.2 Å². The third-order valence-electron chi connectivity index (χ3n) is 4.66. The van der Waals surface area contributed by atoms with Crippen molar-refractivity contribution >= 4 is 5.91 Å². The highest BCUT2D eigenvalue weighted by Crippen LogP contribution is 2.36. The number of nitrogens with zero attached hydrogens (tertiary/aromatic N) is 1. The van der Waals surface area contributed by atoms with Gasteiger partial charge in [0.05, 0.1) is 6.54 Å². The zero-order valence-electron chi connectivity index (χ0n) is 12.1. The van der Waals surface area contributed by atoms with Crippen molar-refractivity contribution in [3.8, 4) is 0 Å². The predicted octanol–water partition coefficient (Wildman–Crippen LogP) is 2.53. The van der Waals surface area contributed by atoms with E-state index in [2.05, 4.69) is 35.6 Å². The maximum absolute atomic E-state index is 12.1. The van der Waals surface area contributed by atoms with E-state index in [1.54, 1.807) is 0 Å². The third-order valence-corrected chi connectivity index (χ3v) is 4.66. The monoisotopic (exact) mass is 272 g/mol. The van der Waals surface area contributed by atoms with E-state index in [9.17, 15) is 4.79 Å². The van der Waals surface area contributed by atoms with E-state index in [1.165, 1.54) is 24.8 Å². The normalized spacial score (nSPS) is 26.1. The van der Waals surface area contributed by atoms with Crippen LogP contribution in [0.15, 0.2) is 30.3 Å². The summed E-state index contributed by atoms with van der Waals surface area (Å²) >= 11 is 0. The molecule has 1 N–H and O–H groups in total. The van der Waals surface area contributed by atoms with Crippen molar-refractivity contribution in [3.63, 3.8) is 0 Å². The Hall–Kier alpha value is -1.35. The molecule has 1 aliphatic heterocycles. The number of nitrogens with one attached hydrogen (secondary N) is 1.